The van der Waals surface area contributed by atoms with Gasteiger partial charge in [0.1, 0.15) is 69.0 Å². The van der Waals surface area contributed by atoms with Gasteiger partial charge in [-0.25, -0.2) is 0 Å². The second kappa shape index (κ2) is 37.5. The number of aryl methyl sites for hydroxylation is 6. The van der Waals surface area contributed by atoms with Crippen molar-refractivity contribution < 1.29 is 54.3 Å². The van der Waals surface area contributed by atoms with Crippen molar-refractivity contribution in [3.8, 4) is 91.2 Å². The van der Waals surface area contributed by atoms with Crippen molar-refractivity contribution in [2.24, 2.45) is 0 Å². The van der Waals surface area contributed by atoms with E-state index in [-0.39, 0.29) is 35.5 Å². The Labute approximate surface area is 781 Å². The van der Waals surface area contributed by atoms with E-state index in [1.807, 2.05) is 18.2 Å². The van der Waals surface area contributed by atoms with Gasteiger partial charge in [-0.3, -0.25) is 0 Å². The first-order chi connectivity index (χ1) is 63.9. The summed E-state index contributed by atoms with van der Waals surface area (Å²) in [7, 11) is -8.19. The predicted molar refractivity (Wildman–Crippen MR) is 545 cm³/mol. The lowest BCUT2D eigenvalue weighted by molar-refractivity contribution is 0.374. The molecular weight excluding hydrogens is 1710 g/mol. The minimum Gasteiger partial charge on any atom is -0.408 e. The second-order valence-corrected chi connectivity index (χ2v) is 41.2. The monoisotopic (exact) mass is 1820 g/mol. The molecule has 0 radical (unpaired) electrons. The molecule has 16 aromatic rings. The average molecular weight is 1820 g/mol. The summed E-state index contributed by atoms with van der Waals surface area (Å²) in [5, 5.41) is 8.21. The fourth-order valence-electron chi connectivity index (χ4n) is 18.9. The zero-order valence-corrected chi connectivity index (χ0v) is 82.0. The molecule has 0 fully saturated rings. The Balaban J connectivity index is 0.000000170. The average Bonchev–Trinajstić information content (AvgIpc) is 0.747. The predicted octanol–water partition coefficient (Wildman–Crippen LogP) is 34.6. The number of fused-ring (bicyclic) bond motifs is 12. The summed E-state index contributed by atoms with van der Waals surface area (Å²) in [6.45, 7) is 39.3. The Morgan fingerprint density at radius 1 is 0.197 bits per heavy atom. The summed E-state index contributed by atoms with van der Waals surface area (Å²) in [6.07, 6.45) is 2.77. The van der Waals surface area contributed by atoms with Crippen molar-refractivity contribution in [3.63, 3.8) is 0 Å². The van der Waals surface area contributed by atoms with Gasteiger partial charge < -0.3 is 54.3 Å². The van der Waals surface area contributed by atoms with E-state index in [0.29, 0.717) is 48.7 Å². The highest BCUT2D eigenvalue weighted by Gasteiger charge is 2.39. The third-order valence-corrected chi connectivity index (χ3v) is 30.3. The van der Waals surface area contributed by atoms with Gasteiger partial charge in [0, 0.05) is 70.2 Å². The van der Waals surface area contributed by atoms with Crippen molar-refractivity contribution in [2.75, 3.05) is 0 Å². The highest BCUT2D eigenvalue weighted by atomic mass is 31.2. The van der Waals surface area contributed by atoms with E-state index in [9.17, 15) is 0 Å². The number of benzene rings is 16. The van der Waals surface area contributed by atoms with Crippen LogP contribution in [0.1, 0.15) is 230 Å². The van der Waals surface area contributed by atoms with Gasteiger partial charge in [-0.1, -0.05) is 326 Å². The van der Waals surface area contributed by atoms with E-state index < -0.39 is 34.4 Å². The van der Waals surface area contributed by atoms with Crippen LogP contribution in [-0.2, 0) is 25.7 Å². The van der Waals surface area contributed by atoms with Crippen LogP contribution >= 0.6 is 34.4 Å². The number of hydrogen-bond donors (Lipinski definition) is 0. The summed E-state index contributed by atoms with van der Waals surface area (Å²) in [4.78, 5) is 0. The third-order valence-electron chi connectivity index (χ3n) is 26.2. The van der Waals surface area contributed by atoms with Gasteiger partial charge in [0.2, 0.25) is 0 Å². The van der Waals surface area contributed by atoms with E-state index in [4.69, 9.17) is 54.3 Å². The fourth-order valence-corrected chi connectivity index (χ4v) is 23.6. The Bertz CT molecular complexity index is 6700. The third kappa shape index (κ3) is 17.4. The van der Waals surface area contributed by atoms with Gasteiger partial charge >= 0.3 is 34.4 Å². The molecule has 0 unspecified atom stereocenters. The van der Waals surface area contributed by atoms with Crippen molar-refractivity contribution in [2.45, 2.75) is 186 Å². The lowest BCUT2D eigenvalue weighted by atomic mass is 9.89. The zero-order valence-electron chi connectivity index (χ0n) is 78.4. The van der Waals surface area contributed by atoms with E-state index in [0.717, 1.165) is 200 Å². The maximum atomic E-state index is 7.34. The minimum atomic E-state index is -2.07. The van der Waals surface area contributed by atoms with Crippen molar-refractivity contribution in [1.82, 2.24) is 0 Å². The molecule has 0 atom stereocenters. The molecule has 0 saturated carbocycles. The van der Waals surface area contributed by atoms with E-state index >= 15 is 0 Å². The largest absolute Gasteiger partial charge is 0.530 e. The maximum absolute atomic E-state index is 7.34. The van der Waals surface area contributed by atoms with Crippen LogP contribution in [0.4, 0.5) is 0 Å². The fraction of sp³-hybridized carbons (Fsp3) is 0.241. The van der Waals surface area contributed by atoms with Gasteiger partial charge in [0.15, 0.2) is 0 Å². The summed E-state index contributed by atoms with van der Waals surface area (Å²) < 4.78 is 85.7. The Morgan fingerprint density at radius 2 is 0.409 bits per heavy atom. The molecule has 0 amide bonds. The molecule has 0 spiro atoms. The van der Waals surface area contributed by atoms with Gasteiger partial charge in [-0.15, -0.1) is 0 Å². The second-order valence-electron chi connectivity index (χ2n) is 37.2. The molecule has 0 bridgehead atoms. The Hall–Kier alpha value is -12.1. The first-order valence-corrected chi connectivity index (χ1v) is 50.6. The molecule has 12 nitrogen and oxygen atoms in total. The van der Waals surface area contributed by atoms with Crippen LogP contribution in [0.25, 0.3) is 65.3 Å². The molecule has 4 heterocycles. The van der Waals surface area contributed by atoms with E-state index in [2.05, 4.69) is 373 Å². The number of para-hydroxylation sites is 4. The maximum Gasteiger partial charge on any atom is 0.530 e. The minimum absolute atomic E-state index is 0.212. The van der Waals surface area contributed by atoms with Crippen molar-refractivity contribution in [3.05, 3.63) is 378 Å². The molecule has 0 saturated heterocycles. The molecular formula is C116H112O12P4. The molecule has 20 rings (SSSR count). The lowest BCUT2D eigenvalue weighted by Gasteiger charge is -2.30. The smallest absolute Gasteiger partial charge is 0.408 e. The highest BCUT2D eigenvalue weighted by molar-refractivity contribution is 7.44. The normalized spacial score (nSPS) is 13.9. The molecule has 132 heavy (non-hydrogen) atoms. The molecule has 0 aliphatic carbocycles. The van der Waals surface area contributed by atoms with E-state index in [1.54, 1.807) is 0 Å². The van der Waals surface area contributed by atoms with Gasteiger partial charge in [0.25, 0.3) is 0 Å². The summed E-state index contributed by atoms with van der Waals surface area (Å²) in [5.74, 6) is 10.3. The summed E-state index contributed by atoms with van der Waals surface area (Å²) in [6, 6.07) is 93.6. The van der Waals surface area contributed by atoms with Crippen LogP contribution in [0.3, 0.4) is 0 Å². The SMILES string of the molecule is CC(C)c1cccc2c1OP(Oc1ccc3ccccc3c1-c1c(OP3Oc4c(cccc4C(C)C)Cc4cccc(C(C)C)c4O3)ccc3ccccc13)Oc1c(cccc1C(C)C)C2.Cc1ccc(C)c2c1Cc1c(C)ccc(C)c1OP(Oc1ccc3ccccc3c1-c1c(OP3Oc4c(C(C)C)ccc(C)c4Cc4c(C)ccc(C(C)C)c4O3)ccc3ccccc13)O2. The van der Waals surface area contributed by atoms with Crippen molar-refractivity contribution >= 4 is 77.5 Å². The molecule has 16 aromatic carbocycles. The van der Waals surface area contributed by atoms with Crippen molar-refractivity contribution in [1.29, 1.82) is 0 Å². The Kier molecular flexibility index (Phi) is 25.3. The molecule has 0 N–H and O–H groups in total. The molecule has 4 aliphatic rings. The van der Waals surface area contributed by atoms with E-state index in [1.165, 1.54) is 22.3 Å². The molecule has 668 valence electrons. The van der Waals surface area contributed by atoms with Crippen LogP contribution < -0.4 is 54.3 Å². The van der Waals surface area contributed by atoms with Crippen LogP contribution in [0.15, 0.2) is 267 Å². The topological polar surface area (TPSA) is 111 Å². The molecule has 16 heteroatoms. The number of hydrogen-bond acceptors (Lipinski definition) is 12. The lowest BCUT2D eigenvalue weighted by Crippen LogP contribution is -2.14. The highest BCUT2D eigenvalue weighted by Crippen LogP contribution is 2.61. The first kappa shape index (κ1) is 89.1. The van der Waals surface area contributed by atoms with Crippen LogP contribution in [0.5, 0.6) is 69.0 Å². The summed E-state index contributed by atoms with van der Waals surface area (Å²) in [5.41, 5.74) is 26.0. The molecule has 0 aromatic heterocycles. The standard InChI is InChI=1S/2C58H56O6P2/c1-33(2)43-27-23-37(7)49-32-50-38(8)24-28-44(34(3)4)58(50)64-66(63-57(43)49)60-52-30-26-42-16-12-14-18-46(42)54(52)53-45-17-13-11-15-41(45)25-29-51(53)59-65-61-55-39(9)21-19-35(5)47(55)31-48-36(6)20-22-40(10)56(48)62-65;1-35(2)45-25-13-19-41-33-42-20-14-26-46(36(3)4)56(42)62-65(61-55(41)45)59-51-31-29-39-17-9-11-23-49(39)53(51)54-50-24-12-10-18-40(50)30-32-52(54)60-66-63-57-43(21-15-27-47(57)37(5)6)34-44-22-16-28-48(38(7)8)58(44)64-66/h11-30,33-34H,31-32H2,1-10H3;9-32,35-38H,33-34H2,1-8H3. The quantitative estimate of drug-likeness (QED) is 0.0859. The first-order valence-electron chi connectivity index (χ1n) is 46.2. The van der Waals surface area contributed by atoms with Crippen LogP contribution in [0.2, 0.25) is 0 Å². The number of rotatable bonds is 16. The van der Waals surface area contributed by atoms with Gasteiger partial charge in [-0.2, -0.15) is 0 Å². The molecule has 4 aliphatic heterocycles. The van der Waals surface area contributed by atoms with Crippen LogP contribution in [0, 0.1) is 41.5 Å². The Morgan fingerprint density at radius 3 is 0.667 bits per heavy atom. The summed E-state index contributed by atoms with van der Waals surface area (Å²) >= 11 is 0. The van der Waals surface area contributed by atoms with Crippen LogP contribution in [-0.4, -0.2) is 0 Å². The van der Waals surface area contributed by atoms with Gasteiger partial charge in [-0.05, 0) is 233 Å². The zero-order chi connectivity index (χ0) is 91.6. The van der Waals surface area contributed by atoms with Gasteiger partial charge in [0.05, 0.1) is 0 Å².